The van der Waals surface area contributed by atoms with E-state index in [0.29, 0.717) is 28.5 Å². The van der Waals surface area contributed by atoms with Gasteiger partial charge in [0.25, 0.3) is 11.8 Å². The summed E-state index contributed by atoms with van der Waals surface area (Å²) in [5, 5.41) is 10.5. The summed E-state index contributed by atoms with van der Waals surface area (Å²) < 4.78 is 6.82. The molecule has 2 aromatic heterocycles. The van der Waals surface area contributed by atoms with Crippen LogP contribution in [0, 0.1) is 0 Å². The van der Waals surface area contributed by atoms with Gasteiger partial charge in [-0.2, -0.15) is 5.10 Å². The lowest BCUT2D eigenvalue weighted by molar-refractivity contribution is 0.0943. The molecule has 7 nitrogen and oxygen atoms in total. The van der Waals surface area contributed by atoms with Crippen molar-refractivity contribution in [1.29, 1.82) is 0 Å². The smallest absolute Gasteiger partial charge is 0.254 e. The van der Waals surface area contributed by atoms with Gasteiger partial charge in [-0.05, 0) is 54.1 Å². The third-order valence-electron chi connectivity index (χ3n) is 4.58. The summed E-state index contributed by atoms with van der Waals surface area (Å²) in [4.78, 5) is 24.8. The van der Waals surface area contributed by atoms with Gasteiger partial charge in [-0.3, -0.25) is 9.59 Å². The van der Waals surface area contributed by atoms with Crippen molar-refractivity contribution in [3.05, 3.63) is 107 Å². The van der Waals surface area contributed by atoms with Crippen LogP contribution in [-0.4, -0.2) is 21.6 Å². The molecule has 2 N–H and O–H groups in total. The molecule has 0 aliphatic rings. The highest BCUT2D eigenvalue weighted by Gasteiger charge is 2.11. The summed E-state index contributed by atoms with van der Waals surface area (Å²) in [6, 6.07) is 17.8. The van der Waals surface area contributed by atoms with Gasteiger partial charge in [0, 0.05) is 23.3 Å². The molecule has 0 fully saturated rings. The topological polar surface area (TPSA) is 89.2 Å². The van der Waals surface area contributed by atoms with Crippen molar-refractivity contribution in [1.82, 2.24) is 20.4 Å². The van der Waals surface area contributed by atoms with Gasteiger partial charge in [-0.25, -0.2) is 4.68 Å². The molecule has 0 saturated heterocycles. The van der Waals surface area contributed by atoms with Gasteiger partial charge in [-0.1, -0.05) is 23.7 Å². The van der Waals surface area contributed by atoms with Crippen LogP contribution in [0.1, 0.15) is 32.0 Å². The molecule has 0 atom stereocenters. The van der Waals surface area contributed by atoms with Crippen molar-refractivity contribution in [2.75, 3.05) is 0 Å². The number of carbonyl (C=O) groups is 2. The maximum Gasteiger partial charge on any atom is 0.254 e. The number of aromatic nitrogens is 2. The predicted molar refractivity (Wildman–Crippen MR) is 116 cm³/mol. The second-order valence-electron chi connectivity index (χ2n) is 6.80. The molecule has 0 spiro atoms. The molecule has 2 aromatic carbocycles. The Morgan fingerprint density at radius 1 is 0.935 bits per heavy atom. The molecule has 0 radical (unpaired) electrons. The highest BCUT2D eigenvalue weighted by atomic mass is 35.5. The highest BCUT2D eigenvalue weighted by Crippen LogP contribution is 2.13. The summed E-state index contributed by atoms with van der Waals surface area (Å²) in [5.41, 5.74) is 2.55. The van der Waals surface area contributed by atoms with Gasteiger partial charge in [-0.15, -0.1) is 0 Å². The van der Waals surface area contributed by atoms with E-state index in [1.54, 1.807) is 59.6 Å². The Labute approximate surface area is 183 Å². The summed E-state index contributed by atoms with van der Waals surface area (Å²) in [7, 11) is 0. The number of benzene rings is 2. The molecule has 4 rings (SSSR count). The number of rotatable bonds is 7. The van der Waals surface area contributed by atoms with E-state index in [1.807, 2.05) is 18.2 Å². The van der Waals surface area contributed by atoms with E-state index in [0.717, 1.165) is 11.3 Å². The Bertz CT molecular complexity index is 1180. The number of hydrogen-bond donors (Lipinski definition) is 2. The lowest BCUT2D eigenvalue weighted by Gasteiger charge is -2.07. The van der Waals surface area contributed by atoms with Crippen LogP contribution in [0.5, 0.6) is 0 Å². The number of furan rings is 1. The van der Waals surface area contributed by atoms with Crippen LogP contribution in [0.15, 0.2) is 83.7 Å². The Morgan fingerprint density at radius 3 is 2.48 bits per heavy atom. The minimum absolute atomic E-state index is 0.214. The molecule has 8 heteroatoms. The van der Waals surface area contributed by atoms with E-state index in [-0.39, 0.29) is 18.4 Å². The molecular formula is C23H19ClN4O3. The number of amides is 2. The fourth-order valence-electron chi connectivity index (χ4n) is 2.96. The first-order valence-corrected chi connectivity index (χ1v) is 9.94. The largest absolute Gasteiger partial charge is 0.467 e. The summed E-state index contributed by atoms with van der Waals surface area (Å²) in [5.74, 6) is 0.206. The van der Waals surface area contributed by atoms with Gasteiger partial charge in [0.15, 0.2) is 0 Å². The second kappa shape index (κ2) is 9.32. The zero-order valence-electron chi connectivity index (χ0n) is 16.4. The SMILES string of the molecule is O=C(NCc1cccc(C(=O)NCc2ccco2)c1)c1cnn(-c2ccc(Cl)cc2)c1. The van der Waals surface area contributed by atoms with E-state index >= 15 is 0 Å². The molecule has 2 amide bonds. The number of nitrogens with one attached hydrogen (secondary N) is 2. The van der Waals surface area contributed by atoms with Crippen LogP contribution in [0.4, 0.5) is 0 Å². The van der Waals surface area contributed by atoms with Crippen molar-refractivity contribution >= 4 is 23.4 Å². The summed E-state index contributed by atoms with van der Waals surface area (Å²) in [6.45, 7) is 0.592. The van der Waals surface area contributed by atoms with Gasteiger partial charge < -0.3 is 15.1 Å². The lowest BCUT2D eigenvalue weighted by Crippen LogP contribution is -2.24. The number of carbonyl (C=O) groups excluding carboxylic acids is 2. The normalized spacial score (nSPS) is 10.6. The van der Waals surface area contributed by atoms with Crippen molar-refractivity contribution in [3.8, 4) is 5.69 Å². The molecular weight excluding hydrogens is 416 g/mol. The van der Waals surface area contributed by atoms with Crippen molar-refractivity contribution < 1.29 is 14.0 Å². The molecule has 31 heavy (non-hydrogen) atoms. The Hall–Kier alpha value is -3.84. The number of nitrogens with zero attached hydrogens (tertiary/aromatic N) is 2. The number of hydrogen-bond acceptors (Lipinski definition) is 4. The van der Waals surface area contributed by atoms with E-state index < -0.39 is 0 Å². The molecule has 0 unspecified atom stereocenters. The van der Waals surface area contributed by atoms with E-state index in [1.165, 1.54) is 6.20 Å². The molecule has 156 valence electrons. The quantitative estimate of drug-likeness (QED) is 0.460. The van der Waals surface area contributed by atoms with Crippen LogP contribution in [-0.2, 0) is 13.1 Å². The van der Waals surface area contributed by atoms with Gasteiger partial charge >= 0.3 is 0 Å². The van der Waals surface area contributed by atoms with Crippen LogP contribution in [0.3, 0.4) is 0 Å². The van der Waals surface area contributed by atoms with Crippen LogP contribution in [0.25, 0.3) is 5.69 Å². The molecule has 0 aliphatic carbocycles. The van der Waals surface area contributed by atoms with E-state index in [4.69, 9.17) is 16.0 Å². The number of halogens is 1. The third kappa shape index (κ3) is 5.21. The van der Waals surface area contributed by atoms with Crippen molar-refractivity contribution in [3.63, 3.8) is 0 Å². The molecule has 0 saturated carbocycles. The van der Waals surface area contributed by atoms with Gasteiger partial charge in [0.1, 0.15) is 5.76 Å². The van der Waals surface area contributed by atoms with Crippen LogP contribution >= 0.6 is 11.6 Å². The minimum atomic E-state index is -0.257. The van der Waals surface area contributed by atoms with Gasteiger partial charge in [0.05, 0.1) is 30.3 Å². The zero-order chi connectivity index (χ0) is 21.6. The van der Waals surface area contributed by atoms with Gasteiger partial charge in [0.2, 0.25) is 0 Å². The first-order chi connectivity index (χ1) is 15.1. The standard InChI is InChI=1S/C23H19ClN4O3/c24-19-6-8-20(9-7-19)28-15-18(13-27-28)23(30)25-12-16-3-1-4-17(11-16)22(29)26-14-21-5-2-10-31-21/h1-11,13,15H,12,14H2,(H,25,30)(H,26,29). The molecule has 2 heterocycles. The molecule has 0 bridgehead atoms. The van der Waals surface area contributed by atoms with Crippen LogP contribution < -0.4 is 10.6 Å². The minimum Gasteiger partial charge on any atom is -0.467 e. The van der Waals surface area contributed by atoms with Crippen molar-refractivity contribution in [2.45, 2.75) is 13.1 Å². The zero-order valence-corrected chi connectivity index (χ0v) is 17.2. The summed E-state index contributed by atoms with van der Waals surface area (Å²) >= 11 is 5.90. The lowest BCUT2D eigenvalue weighted by atomic mass is 10.1. The Morgan fingerprint density at radius 2 is 1.71 bits per heavy atom. The fourth-order valence-corrected chi connectivity index (χ4v) is 3.09. The van der Waals surface area contributed by atoms with Crippen molar-refractivity contribution in [2.24, 2.45) is 0 Å². The summed E-state index contributed by atoms with van der Waals surface area (Å²) in [6.07, 6.45) is 4.71. The monoisotopic (exact) mass is 434 g/mol. The average molecular weight is 435 g/mol. The maximum absolute atomic E-state index is 12.5. The first kappa shape index (κ1) is 20.4. The Kier molecular flexibility index (Phi) is 6.14. The third-order valence-corrected chi connectivity index (χ3v) is 4.83. The average Bonchev–Trinajstić information content (AvgIpc) is 3.49. The van der Waals surface area contributed by atoms with Crippen LogP contribution in [0.2, 0.25) is 5.02 Å². The van der Waals surface area contributed by atoms with E-state index in [2.05, 4.69) is 15.7 Å². The Balaban J connectivity index is 1.34. The fraction of sp³-hybridized carbons (Fsp3) is 0.0870. The predicted octanol–water partition coefficient (Wildman–Crippen LogP) is 3.98. The second-order valence-corrected chi connectivity index (χ2v) is 7.23. The first-order valence-electron chi connectivity index (χ1n) is 9.57. The molecule has 4 aromatic rings. The van der Waals surface area contributed by atoms with E-state index in [9.17, 15) is 9.59 Å². The highest BCUT2D eigenvalue weighted by molar-refractivity contribution is 6.30. The molecule has 0 aliphatic heterocycles. The maximum atomic E-state index is 12.5.